The lowest BCUT2D eigenvalue weighted by atomic mass is 10.1. The molecule has 2 radical (unpaired) electrons. The van der Waals surface area contributed by atoms with Crippen molar-refractivity contribution in [3.63, 3.8) is 0 Å². The predicted molar refractivity (Wildman–Crippen MR) is 125 cm³/mol. The van der Waals surface area contributed by atoms with Gasteiger partial charge in [-0.3, -0.25) is 0 Å². The van der Waals surface area contributed by atoms with E-state index in [4.69, 9.17) is 0 Å². The Balaban J connectivity index is 3.14. The highest BCUT2D eigenvalue weighted by molar-refractivity contribution is 5.08. The van der Waals surface area contributed by atoms with E-state index in [-0.39, 0.29) is 0 Å². The van der Waals surface area contributed by atoms with Crippen LogP contribution >= 0.6 is 0 Å². The van der Waals surface area contributed by atoms with Crippen LogP contribution in [0.3, 0.4) is 0 Å². The Morgan fingerprint density at radius 2 is 0.704 bits per heavy atom. The molecule has 0 aliphatic carbocycles. The predicted octanol–water partition coefficient (Wildman–Crippen LogP) is 10.0. The minimum atomic E-state index is 1.22. The highest BCUT2D eigenvalue weighted by Gasteiger charge is 1.92. The van der Waals surface area contributed by atoms with Crippen LogP contribution < -0.4 is 0 Å². The number of rotatable bonds is 22. The average Bonchev–Trinajstić information content (AvgIpc) is 2.68. The first-order valence-corrected chi connectivity index (χ1v) is 12.5. The van der Waals surface area contributed by atoms with Gasteiger partial charge in [0.05, 0.1) is 0 Å². The summed E-state index contributed by atoms with van der Waals surface area (Å²) in [5.74, 6) is 0. The van der Waals surface area contributed by atoms with E-state index < -0.39 is 0 Å². The van der Waals surface area contributed by atoms with Crippen molar-refractivity contribution in [3.8, 4) is 0 Å². The molecule has 0 amide bonds. The van der Waals surface area contributed by atoms with Gasteiger partial charge in [-0.2, -0.15) is 0 Å². The van der Waals surface area contributed by atoms with Gasteiger partial charge in [0, 0.05) is 6.42 Å². The molecule has 0 bridgehead atoms. The van der Waals surface area contributed by atoms with Crippen LogP contribution in [0.2, 0.25) is 0 Å². The third kappa shape index (κ3) is 25.5. The first kappa shape index (κ1) is 26.5. The molecule has 0 saturated carbocycles. The van der Waals surface area contributed by atoms with Crippen molar-refractivity contribution < 1.29 is 0 Å². The molecule has 0 fully saturated rings. The Bertz CT molecular complexity index is 269. The molecule has 0 atom stereocenters. The third-order valence-corrected chi connectivity index (χ3v) is 5.38. The topological polar surface area (TPSA) is 0 Å². The normalized spacial score (nSPS) is 11.9. The second kappa shape index (κ2) is 25.5. The van der Waals surface area contributed by atoms with Gasteiger partial charge in [0.15, 0.2) is 0 Å². The molecule has 0 rings (SSSR count). The molecule has 0 aliphatic heterocycles. The number of hydrogen-bond acceptors (Lipinski definition) is 0. The quantitative estimate of drug-likeness (QED) is 0.165. The highest BCUT2D eigenvalue weighted by Crippen LogP contribution is 2.12. The Morgan fingerprint density at radius 3 is 1.04 bits per heavy atom. The summed E-state index contributed by atoms with van der Waals surface area (Å²) >= 11 is 0. The summed E-state index contributed by atoms with van der Waals surface area (Å²) in [4.78, 5) is 0. The van der Waals surface area contributed by atoms with Crippen molar-refractivity contribution in [1.82, 2.24) is 0 Å². The van der Waals surface area contributed by atoms with Gasteiger partial charge in [-0.25, -0.2) is 0 Å². The van der Waals surface area contributed by atoms with E-state index in [0.717, 1.165) is 0 Å². The zero-order chi connectivity index (χ0) is 19.7. The molecule has 0 heteroatoms. The summed E-state index contributed by atoms with van der Waals surface area (Å²) in [6, 6.07) is 0. The lowest BCUT2D eigenvalue weighted by Crippen LogP contribution is -1.81. The fraction of sp³-hybridized carbons (Fsp3) is 0.815. The zero-order valence-corrected chi connectivity index (χ0v) is 19.0. The van der Waals surface area contributed by atoms with E-state index in [9.17, 15) is 0 Å². The zero-order valence-electron chi connectivity index (χ0n) is 19.0. The fourth-order valence-corrected chi connectivity index (χ4v) is 3.50. The van der Waals surface area contributed by atoms with Crippen LogP contribution in [-0.4, -0.2) is 0 Å². The standard InChI is InChI=1S/C27H50/c1-3-5-7-9-11-13-15-17-19-21-23-25-27-26-24-22-20-18-16-14-12-10-8-6-4-2/h23-26H,3-22H2,1-2H3/b25-23-,26-24-. The van der Waals surface area contributed by atoms with Crippen molar-refractivity contribution >= 4 is 0 Å². The molecule has 0 spiro atoms. The summed E-state index contributed by atoms with van der Waals surface area (Å²) in [6.07, 6.45) is 39.9. The number of allylic oxidation sites excluding steroid dienone is 4. The summed E-state index contributed by atoms with van der Waals surface area (Å²) in [6.45, 7) is 4.58. The van der Waals surface area contributed by atoms with Crippen molar-refractivity contribution in [2.24, 2.45) is 0 Å². The Kier molecular flexibility index (Phi) is 25.0. The monoisotopic (exact) mass is 374 g/mol. The average molecular weight is 375 g/mol. The van der Waals surface area contributed by atoms with Gasteiger partial charge >= 0.3 is 0 Å². The van der Waals surface area contributed by atoms with Crippen LogP contribution in [-0.2, 0) is 0 Å². The molecule has 158 valence electrons. The molecule has 0 heterocycles. The largest absolute Gasteiger partial charge is 0.0876 e. The van der Waals surface area contributed by atoms with Crippen molar-refractivity contribution in [1.29, 1.82) is 0 Å². The second-order valence-electron chi connectivity index (χ2n) is 8.21. The van der Waals surface area contributed by atoms with E-state index in [1.807, 2.05) is 0 Å². The molecule has 0 aromatic heterocycles. The highest BCUT2D eigenvalue weighted by atomic mass is 14.0. The summed E-state index contributed by atoms with van der Waals surface area (Å²) in [5, 5.41) is 0. The lowest BCUT2D eigenvalue weighted by molar-refractivity contribution is 0.566. The van der Waals surface area contributed by atoms with Crippen LogP contribution in [0.25, 0.3) is 0 Å². The van der Waals surface area contributed by atoms with Gasteiger partial charge < -0.3 is 0 Å². The molecule has 0 aliphatic rings. The van der Waals surface area contributed by atoms with Crippen LogP contribution in [0.1, 0.15) is 142 Å². The van der Waals surface area contributed by atoms with E-state index in [1.165, 1.54) is 128 Å². The maximum atomic E-state index is 3.29. The number of hydrogen-bond donors (Lipinski definition) is 0. The second-order valence-corrected chi connectivity index (χ2v) is 8.21. The van der Waals surface area contributed by atoms with Crippen molar-refractivity contribution in [2.45, 2.75) is 142 Å². The molecule has 0 aromatic rings. The summed E-state index contributed by atoms with van der Waals surface area (Å²) in [7, 11) is 0. The molecule has 27 heavy (non-hydrogen) atoms. The molecule has 0 unspecified atom stereocenters. The fourth-order valence-electron chi connectivity index (χ4n) is 3.50. The molecule has 0 N–H and O–H groups in total. The van der Waals surface area contributed by atoms with Crippen LogP contribution in [0.4, 0.5) is 0 Å². The van der Waals surface area contributed by atoms with Gasteiger partial charge in [-0.15, -0.1) is 0 Å². The third-order valence-electron chi connectivity index (χ3n) is 5.38. The van der Waals surface area contributed by atoms with Gasteiger partial charge in [0.2, 0.25) is 0 Å². The van der Waals surface area contributed by atoms with E-state index in [1.54, 1.807) is 0 Å². The molecular formula is C27H50. The van der Waals surface area contributed by atoms with Crippen LogP contribution in [0.5, 0.6) is 0 Å². The van der Waals surface area contributed by atoms with Crippen molar-refractivity contribution in [2.75, 3.05) is 0 Å². The van der Waals surface area contributed by atoms with Gasteiger partial charge in [-0.1, -0.05) is 141 Å². The van der Waals surface area contributed by atoms with E-state index in [2.05, 4.69) is 44.6 Å². The van der Waals surface area contributed by atoms with E-state index >= 15 is 0 Å². The number of unbranched alkanes of at least 4 members (excludes halogenated alkanes) is 18. The molecule has 0 aromatic carbocycles. The Labute approximate surface area is 173 Å². The molecule has 0 saturated heterocycles. The first-order chi connectivity index (χ1) is 13.4. The Hall–Kier alpha value is -0.520. The summed E-state index contributed by atoms with van der Waals surface area (Å²) < 4.78 is 0. The van der Waals surface area contributed by atoms with E-state index in [0.29, 0.717) is 0 Å². The minimum Gasteiger partial charge on any atom is -0.0876 e. The van der Waals surface area contributed by atoms with Crippen LogP contribution in [0.15, 0.2) is 24.3 Å². The first-order valence-electron chi connectivity index (χ1n) is 12.5. The minimum absolute atomic E-state index is 1.22. The Morgan fingerprint density at radius 1 is 0.407 bits per heavy atom. The smallest absolute Gasteiger partial charge is 0.0337 e. The lowest BCUT2D eigenvalue weighted by Gasteiger charge is -2.00. The van der Waals surface area contributed by atoms with Crippen molar-refractivity contribution in [3.05, 3.63) is 30.7 Å². The van der Waals surface area contributed by atoms with Crippen LogP contribution in [0, 0.1) is 6.42 Å². The van der Waals surface area contributed by atoms with Gasteiger partial charge in [-0.05, 0) is 25.7 Å². The maximum absolute atomic E-state index is 3.29. The SMILES string of the molecule is CCCCCCCCCCC/C=C\[C]/C=C\CCCCCCCCCCC. The molecular weight excluding hydrogens is 324 g/mol. The van der Waals surface area contributed by atoms with Gasteiger partial charge in [0.25, 0.3) is 0 Å². The van der Waals surface area contributed by atoms with Gasteiger partial charge in [0.1, 0.15) is 0 Å². The maximum Gasteiger partial charge on any atom is 0.0337 e. The summed E-state index contributed by atoms with van der Waals surface area (Å²) in [5.41, 5.74) is 0. The molecule has 0 nitrogen and oxygen atoms in total.